The third-order valence-electron chi connectivity index (χ3n) is 6.52. The number of halogens is 3. The standard InChI is InChI=1S/C23H22F3N5O3/c1-13-6-16(18(32)8-14-2-3-17(24)15(7-14)9-27)10-31(13)21(34)20(33)29-22(11-23(25,26)12-22)19-4-5-28-30-19/h2-4,7,13,16H,5-6,8,10-12H2,1H3,(H,29,33)/t13-,16-/m0/s1. The van der Waals surface area contributed by atoms with Crippen molar-refractivity contribution in [1.82, 2.24) is 10.2 Å². The summed E-state index contributed by atoms with van der Waals surface area (Å²) in [5, 5.41) is 19.0. The molecule has 1 saturated carbocycles. The number of alkyl halides is 2. The molecule has 0 aromatic heterocycles. The van der Waals surface area contributed by atoms with Crippen LogP contribution in [0.1, 0.15) is 37.3 Å². The lowest BCUT2D eigenvalue weighted by molar-refractivity contribution is -0.154. The van der Waals surface area contributed by atoms with Crippen molar-refractivity contribution < 1.29 is 27.6 Å². The zero-order valence-electron chi connectivity index (χ0n) is 18.4. The molecule has 1 aromatic rings. The fraction of sp³-hybridized carbons (Fsp3) is 0.478. The van der Waals surface area contributed by atoms with Crippen molar-refractivity contribution in [2.75, 3.05) is 13.1 Å². The Morgan fingerprint density at radius 2 is 2.03 bits per heavy atom. The minimum Gasteiger partial charge on any atom is -0.336 e. The Morgan fingerprint density at radius 3 is 2.65 bits per heavy atom. The lowest BCUT2D eigenvalue weighted by Gasteiger charge is -2.47. The molecule has 1 aliphatic carbocycles. The number of azo groups is 1. The third-order valence-corrected chi connectivity index (χ3v) is 6.52. The Balaban J connectivity index is 1.40. The predicted molar refractivity (Wildman–Crippen MR) is 112 cm³/mol. The normalized spacial score (nSPS) is 24.2. The second kappa shape index (κ2) is 8.66. The minimum atomic E-state index is -2.97. The van der Waals surface area contributed by atoms with Crippen LogP contribution >= 0.6 is 0 Å². The van der Waals surface area contributed by atoms with Gasteiger partial charge < -0.3 is 10.2 Å². The molecule has 1 saturated heterocycles. The van der Waals surface area contributed by atoms with Gasteiger partial charge in [-0.05, 0) is 37.1 Å². The van der Waals surface area contributed by atoms with E-state index in [1.54, 1.807) is 19.1 Å². The van der Waals surface area contributed by atoms with Crippen LogP contribution in [0.5, 0.6) is 0 Å². The highest BCUT2D eigenvalue weighted by molar-refractivity contribution is 6.35. The number of nitriles is 1. The third kappa shape index (κ3) is 4.44. The Labute approximate surface area is 193 Å². The second-order valence-corrected chi connectivity index (χ2v) is 9.07. The number of carbonyl (C=O) groups is 3. The van der Waals surface area contributed by atoms with Gasteiger partial charge in [0.15, 0.2) is 0 Å². The van der Waals surface area contributed by atoms with Crippen LogP contribution in [-0.4, -0.2) is 53.1 Å². The van der Waals surface area contributed by atoms with E-state index in [0.717, 1.165) is 6.07 Å². The first kappa shape index (κ1) is 23.6. The number of ketones is 1. The van der Waals surface area contributed by atoms with Crippen molar-refractivity contribution in [3.8, 4) is 6.07 Å². The molecule has 34 heavy (non-hydrogen) atoms. The Hall–Kier alpha value is -3.55. The molecule has 0 bridgehead atoms. The number of hydrogen-bond donors (Lipinski definition) is 1. The van der Waals surface area contributed by atoms with Gasteiger partial charge in [0.1, 0.15) is 17.7 Å². The van der Waals surface area contributed by atoms with Gasteiger partial charge in [0.05, 0.1) is 23.3 Å². The minimum absolute atomic E-state index is 0.00409. The monoisotopic (exact) mass is 473 g/mol. The predicted octanol–water partition coefficient (Wildman–Crippen LogP) is 2.68. The maximum absolute atomic E-state index is 13.7. The summed E-state index contributed by atoms with van der Waals surface area (Å²) >= 11 is 0. The fourth-order valence-corrected chi connectivity index (χ4v) is 4.80. The second-order valence-electron chi connectivity index (χ2n) is 9.07. The quantitative estimate of drug-likeness (QED) is 0.662. The van der Waals surface area contributed by atoms with Crippen LogP contribution in [0.2, 0.25) is 0 Å². The summed E-state index contributed by atoms with van der Waals surface area (Å²) in [7, 11) is 0. The summed E-state index contributed by atoms with van der Waals surface area (Å²) in [5.74, 6) is -6.33. The van der Waals surface area contributed by atoms with Crippen LogP contribution in [0.25, 0.3) is 0 Å². The van der Waals surface area contributed by atoms with E-state index in [-0.39, 0.29) is 36.6 Å². The molecule has 1 aromatic carbocycles. The first-order valence-corrected chi connectivity index (χ1v) is 10.8. The number of hydrogen-bond acceptors (Lipinski definition) is 6. The maximum atomic E-state index is 13.7. The zero-order valence-corrected chi connectivity index (χ0v) is 18.4. The van der Waals surface area contributed by atoms with Gasteiger partial charge in [-0.15, -0.1) is 0 Å². The summed E-state index contributed by atoms with van der Waals surface area (Å²) in [5.41, 5.74) is -0.899. The first-order chi connectivity index (χ1) is 16.0. The number of amides is 2. The van der Waals surface area contributed by atoms with E-state index >= 15 is 0 Å². The molecule has 2 heterocycles. The lowest BCUT2D eigenvalue weighted by atomic mass is 9.71. The molecule has 4 rings (SSSR count). The topological polar surface area (TPSA) is 115 Å². The molecular formula is C23H22F3N5O3. The number of carbonyl (C=O) groups excluding carboxylic acids is 3. The highest BCUT2D eigenvalue weighted by atomic mass is 19.3. The summed E-state index contributed by atoms with van der Waals surface area (Å²) in [6.45, 7) is 1.93. The molecule has 2 atom stereocenters. The maximum Gasteiger partial charge on any atom is 0.312 e. The summed E-state index contributed by atoms with van der Waals surface area (Å²) in [6, 6.07) is 5.16. The number of nitrogens with zero attached hydrogens (tertiary/aromatic N) is 4. The highest BCUT2D eigenvalue weighted by Crippen LogP contribution is 2.50. The molecule has 2 fully saturated rings. The summed E-state index contributed by atoms with van der Waals surface area (Å²) < 4.78 is 40.9. The largest absolute Gasteiger partial charge is 0.336 e. The molecule has 0 spiro atoms. The Kier molecular flexibility index (Phi) is 6.02. The van der Waals surface area contributed by atoms with E-state index in [4.69, 9.17) is 5.26 Å². The van der Waals surface area contributed by atoms with Crippen LogP contribution in [-0.2, 0) is 20.8 Å². The Bertz CT molecular complexity index is 1150. The number of nitrogens with one attached hydrogen (secondary N) is 1. The van der Waals surface area contributed by atoms with E-state index in [1.165, 1.54) is 17.0 Å². The van der Waals surface area contributed by atoms with E-state index in [9.17, 15) is 27.6 Å². The van der Waals surface area contributed by atoms with Crippen molar-refractivity contribution in [3.05, 3.63) is 46.9 Å². The van der Waals surface area contributed by atoms with Gasteiger partial charge >= 0.3 is 11.8 Å². The van der Waals surface area contributed by atoms with Crippen LogP contribution < -0.4 is 5.32 Å². The SMILES string of the molecule is C[C@H]1C[C@H](C(=O)Cc2ccc(F)c(C#N)c2)CN1C(=O)C(=O)NC1(C2=CCN=N2)CC(F)(F)C1. The van der Waals surface area contributed by atoms with E-state index in [2.05, 4.69) is 15.5 Å². The van der Waals surface area contributed by atoms with E-state index in [1.807, 2.05) is 0 Å². The van der Waals surface area contributed by atoms with Crippen LogP contribution in [0.3, 0.4) is 0 Å². The number of benzene rings is 1. The zero-order chi connectivity index (χ0) is 24.7. The smallest absolute Gasteiger partial charge is 0.312 e. The lowest BCUT2D eigenvalue weighted by Crippen LogP contribution is -2.65. The van der Waals surface area contributed by atoms with Crippen molar-refractivity contribution in [1.29, 1.82) is 5.26 Å². The van der Waals surface area contributed by atoms with Crippen molar-refractivity contribution >= 4 is 17.6 Å². The van der Waals surface area contributed by atoms with E-state index in [0.29, 0.717) is 12.0 Å². The van der Waals surface area contributed by atoms with Crippen molar-refractivity contribution in [2.45, 2.75) is 50.1 Å². The van der Waals surface area contributed by atoms with Crippen molar-refractivity contribution in [2.24, 2.45) is 16.1 Å². The van der Waals surface area contributed by atoms with Gasteiger partial charge in [0.25, 0.3) is 5.92 Å². The van der Waals surface area contributed by atoms with Gasteiger partial charge in [-0.1, -0.05) is 6.07 Å². The molecular weight excluding hydrogens is 451 g/mol. The Morgan fingerprint density at radius 1 is 1.29 bits per heavy atom. The van der Waals surface area contributed by atoms with Gasteiger partial charge in [0.2, 0.25) is 0 Å². The van der Waals surface area contributed by atoms with Crippen LogP contribution in [0.4, 0.5) is 13.2 Å². The first-order valence-electron chi connectivity index (χ1n) is 10.8. The molecule has 8 nitrogen and oxygen atoms in total. The van der Waals surface area contributed by atoms with Gasteiger partial charge in [-0.3, -0.25) is 14.4 Å². The fourth-order valence-electron chi connectivity index (χ4n) is 4.80. The molecule has 178 valence electrons. The van der Waals surface area contributed by atoms with Crippen molar-refractivity contribution in [3.63, 3.8) is 0 Å². The average molecular weight is 473 g/mol. The summed E-state index contributed by atoms with van der Waals surface area (Å²) in [6.07, 6.45) is 0.497. The molecule has 0 unspecified atom stereocenters. The molecule has 2 amide bonds. The molecule has 0 radical (unpaired) electrons. The van der Waals surface area contributed by atoms with Crippen LogP contribution in [0.15, 0.2) is 40.2 Å². The number of rotatable bonds is 5. The van der Waals surface area contributed by atoms with Gasteiger partial charge in [0, 0.05) is 37.8 Å². The number of Topliss-reactive ketones (excluding diaryl/α,β-unsaturated/α-hetero) is 1. The van der Waals surface area contributed by atoms with Gasteiger partial charge in [-0.2, -0.15) is 15.5 Å². The van der Waals surface area contributed by atoms with Gasteiger partial charge in [-0.25, -0.2) is 13.2 Å². The molecule has 3 aliphatic rings. The molecule has 1 N–H and O–H groups in total. The van der Waals surface area contributed by atoms with E-state index < -0.39 is 53.9 Å². The molecule has 2 aliphatic heterocycles. The average Bonchev–Trinajstić information content (AvgIpc) is 3.43. The summed E-state index contributed by atoms with van der Waals surface area (Å²) in [4.78, 5) is 39.6. The highest BCUT2D eigenvalue weighted by Gasteiger charge is 2.60. The van der Waals surface area contributed by atoms with Crippen LogP contribution in [0, 0.1) is 23.1 Å². The molecule has 11 heteroatoms. The number of likely N-dealkylation sites (tertiary alicyclic amines) is 1.